The highest BCUT2D eigenvalue weighted by Crippen LogP contribution is 2.59. The maximum atomic E-state index is 12.2. The number of nitro benzene ring substituents is 1. The molecule has 1 aromatic carbocycles. The highest BCUT2D eigenvalue weighted by molar-refractivity contribution is 5.77. The van der Waals surface area contributed by atoms with E-state index in [1.807, 2.05) is 19.9 Å². The Morgan fingerprint density at radius 3 is 2.59 bits per heavy atom. The van der Waals surface area contributed by atoms with Crippen LogP contribution in [0.3, 0.4) is 0 Å². The summed E-state index contributed by atoms with van der Waals surface area (Å²) in [4.78, 5) is 39.2. The van der Waals surface area contributed by atoms with E-state index < -0.39 is 11.1 Å². The minimum absolute atomic E-state index is 0.0574. The fraction of sp³-hybridized carbons (Fsp3) is 0.423. The van der Waals surface area contributed by atoms with Gasteiger partial charge in [-0.05, 0) is 56.9 Å². The zero-order valence-electron chi connectivity index (χ0n) is 21.6. The van der Waals surface area contributed by atoms with Crippen molar-refractivity contribution in [3.8, 4) is 22.9 Å². The summed E-state index contributed by atoms with van der Waals surface area (Å²) >= 11 is 0. The number of fused-ring (bicyclic) bond motifs is 1. The van der Waals surface area contributed by atoms with Crippen LogP contribution in [0, 0.1) is 34.8 Å². The molecule has 3 aromatic rings. The van der Waals surface area contributed by atoms with Gasteiger partial charge in [-0.2, -0.15) is 0 Å². The van der Waals surface area contributed by atoms with E-state index in [1.54, 1.807) is 13.1 Å². The standard InChI is InChI=1S/C26H27N5O8/c1-4-36-25(32)23-17-9-11-21(22(17)23)39-20-12-10-18(27-14(20)2)24-19(30(3)29-28-24)13-37-26(33)38-16-7-5-15(6-8-16)31(34)35/h5-8,10,12,17,21-23H,4,9,11,13H2,1-3H3/t17-,21-,22-,23?/m1/s1. The summed E-state index contributed by atoms with van der Waals surface area (Å²) in [6.07, 6.45) is 0.783. The first-order chi connectivity index (χ1) is 18.8. The maximum Gasteiger partial charge on any atom is 0.514 e. The van der Waals surface area contributed by atoms with Crippen LogP contribution in [0.2, 0.25) is 0 Å². The van der Waals surface area contributed by atoms with Crippen molar-refractivity contribution >= 4 is 17.8 Å². The number of ether oxygens (including phenoxy) is 4. The first-order valence-corrected chi connectivity index (χ1v) is 12.6. The number of non-ortho nitro benzene ring substituents is 1. The van der Waals surface area contributed by atoms with Crippen LogP contribution in [-0.2, 0) is 27.9 Å². The number of rotatable bonds is 9. The molecule has 4 atom stereocenters. The van der Waals surface area contributed by atoms with E-state index in [0.717, 1.165) is 12.8 Å². The van der Waals surface area contributed by atoms with Crippen LogP contribution in [0.4, 0.5) is 10.5 Å². The van der Waals surface area contributed by atoms with Crippen LogP contribution in [0.1, 0.15) is 31.2 Å². The van der Waals surface area contributed by atoms with Crippen molar-refractivity contribution in [3.63, 3.8) is 0 Å². The Hall–Kier alpha value is -4.55. The monoisotopic (exact) mass is 537 g/mol. The van der Waals surface area contributed by atoms with Crippen LogP contribution in [0.15, 0.2) is 36.4 Å². The Morgan fingerprint density at radius 2 is 1.90 bits per heavy atom. The number of esters is 1. The third kappa shape index (κ3) is 5.38. The van der Waals surface area contributed by atoms with Crippen molar-refractivity contribution in [2.24, 2.45) is 24.8 Å². The number of carbonyl (C=O) groups is 2. The Labute approximate surface area is 223 Å². The van der Waals surface area contributed by atoms with Crippen LogP contribution in [0.25, 0.3) is 11.4 Å². The largest absolute Gasteiger partial charge is 0.514 e. The summed E-state index contributed by atoms with van der Waals surface area (Å²) in [5.41, 5.74) is 1.97. The Morgan fingerprint density at radius 1 is 1.13 bits per heavy atom. The molecule has 2 fully saturated rings. The number of aromatic nitrogens is 4. The van der Waals surface area contributed by atoms with Gasteiger partial charge in [-0.25, -0.2) is 14.5 Å². The van der Waals surface area contributed by atoms with Crippen molar-refractivity contribution in [2.75, 3.05) is 6.61 Å². The average molecular weight is 538 g/mol. The second kappa shape index (κ2) is 10.7. The van der Waals surface area contributed by atoms with Crippen molar-refractivity contribution in [1.82, 2.24) is 20.0 Å². The normalized spacial score (nSPS) is 21.1. The highest BCUT2D eigenvalue weighted by atomic mass is 16.7. The molecule has 0 radical (unpaired) electrons. The third-order valence-corrected chi connectivity index (χ3v) is 7.08. The van der Waals surface area contributed by atoms with Gasteiger partial charge in [0.25, 0.3) is 5.69 Å². The van der Waals surface area contributed by atoms with E-state index in [2.05, 4.69) is 15.3 Å². The maximum absolute atomic E-state index is 12.2. The lowest BCUT2D eigenvalue weighted by atomic mass is 10.1. The second-order valence-electron chi connectivity index (χ2n) is 9.43. The van der Waals surface area contributed by atoms with Crippen LogP contribution in [0.5, 0.6) is 11.5 Å². The van der Waals surface area contributed by atoms with Gasteiger partial charge in [-0.1, -0.05) is 5.21 Å². The molecule has 2 heterocycles. The van der Waals surface area contributed by atoms with Gasteiger partial charge in [0.05, 0.1) is 28.8 Å². The highest BCUT2D eigenvalue weighted by Gasteiger charge is 2.63. The minimum Gasteiger partial charge on any atom is -0.488 e. The number of benzene rings is 1. The van der Waals surface area contributed by atoms with E-state index in [-0.39, 0.29) is 42.0 Å². The Kier molecular flexibility index (Phi) is 7.13. The predicted molar refractivity (Wildman–Crippen MR) is 134 cm³/mol. The van der Waals surface area contributed by atoms with Crippen LogP contribution >= 0.6 is 0 Å². The molecule has 0 amide bonds. The fourth-order valence-electron chi connectivity index (χ4n) is 5.13. The molecule has 2 saturated carbocycles. The number of carbonyl (C=O) groups excluding carboxylic acids is 2. The van der Waals surface area contributed by atoms with Crippen LogP contribution < -0.4 is 9.47 Å². The molecule has 204 valence electrons. The minimum atomic E-state index is -0.986. The molecule has 2 aliphatic rings. The van der Waals surface area contributed by atoms with Gasteiger partial charge in [0.15, 0.2) is 0 Å². The van der Waals surface area contributed by atoms with Crippen molar-refractivity contribution in [1.29, 1.82) is 0 Å². The van der Waals surface area contributed by atoms with Crippen LogP contribution in [-0.4, -0.2) is 49.7 Å². The predicted octanol–water partition coefficient (Wildman–Crippen LogP) is 3.78. The van der Waals surface area contributed by atoms with E-state index >= 15 is 0 Å². The first kappa shape index (κ1) is 26.1. The van der Waals surface area contributed by atoms with Gasteiger partial charge in [0.1, 0.15) is 35.6 Å². The molecular weight excluding hydrogens is 510 g/mol. The zero-order valence-corrected chi connectivity index (χ0v) is 21.6. The summed E-state index contributed by atoms with van der Waals surface area (Å²) in [7, 11) is 1.66. The Bertz CT molecular complexity index is 1410. The molecule has 0 saturated heterocycles. The molecule has 0 spiro atoms. The van der Waals surface area contributed by atoms with Gasteiger partial charge in [0.2, 0.25) is 0 Å². The summed E-state index contributed by atoms with van der Waals surface area (Å²) in [5.74, 6) is 1.03. The van der Waals surface area contributed by atoms with E-state index in [0.29, 0.717) is 41.1 Å². The number of aryl methyl sites for hydroxylation is 2. The lowest BCUT2D eigenvalue weighted by molar-refractivity contribution is -0.384. The van der Waals surface area contributed by atoms with Gasteiger partial charge in [-0.3, -0.25) is 14.9 Å². The van der Waals surface area contributed by atoms with Gasteiger partial charge < -0.3 is 18.9 Å². The molecule has 0 aliphatic heterocycles. The summed E-state index contributed by atoms with van der Waals surface area (Å²) in [5, 5.41) is 19.0. The molecule has 0 bridgehead atoms. The van der Waals surface area contributed by atoms with E-state index in [1.165, 1.54) is 28.9 Å². The molecule has 5 rings (SSSR count). The fourth-order valence-corrected chi connectivity index (χ4v) is 5.13. The van der Waals surface area contributed by atoms with Gasteiger partial charge >= 0.3 is 12.1 Å². The topological polar surface area (TPSA) is 158 Å². The van der Waals surface area contributed by atoms with Gasteiger partial charge in [0, 0.05) is 25.1 Å². The van der Waals surface area contributed by atoms with E-state index in [4.69, 9.17) is 18.9 Å². The van der Waals surface area contributed by atoms with Crippen molar-refractivity contribution in [3.05, 3.63) is 57.9 Å². The number of hydrogen-bond donors (Lipinski definition) is 0. The van der Waals surface area contributed by atoms with Crippen molar-refractivity contribution < 1.29 is 33.5 Å². The lowest BCUT2D eigenvalue weighted by Gasteiger charge is -2.18. The number of pyridine rings is 1. The molecular formula is C26H27N5O8. The van der Waals surface area contributed by atoms with Crippen molar-refractivity contribution in [2.45, 2.75) is 39.4 Å². The zero-order chi connectivity index (χ0) is 27.7. The van der Waals surface area contributed by atoms with E-state index in [9.17, 15) is 19.7 Å². The molecule has 13 nitrogen and oxygen atoms in total. The number of nitrogens with zero attached hydrogens (tertiary/aromatic N) is 5. The molecule has 2 aliphatic carbocycles. The van der Waals surface area contributed by atoms with Gasteiger partial charge in [-0.15, -0.1) is 5.10 Å². The number of nitro groups is 1. The quantitative estimate of drug-likeness (QED) is 0.169. The number of hydrogen-bond acceptors (Lipinski definition) is 11. The summed E-state index contributed by atoms with van der Waals surface area (Å²) in [6.45, 7) is 3.82. The Balaban J connectivity index is 1.22. The summed E-state index contributed by atoms with van der Waals surface area (Å²) in [6, 6.07) is 8.63. The smallest absolute Gasteiger partial charge is 0.488 e. The molecule has 0 N–H and O–H groups in total. The molecule has 13 heteroatoms. The molecule has 39 heavy (non-hydrogen) atoms. The first-order valence-electron chi connectivity index (χ1n) is 12.6. The third-order valence-electron chi connectivity index (χ3n) is 7.08. The molecule has 1 unspecified atom stereocenters. The SMILES string of the molecule is CCOC(=O)C1[C@H]2[C@H](Oc3ccc(-c4nnn(C)c4COC(=O)Oc4ccc([N+](=O)[O-])cc4)nc3C)CC[C@@H]12. The average Bonchev–Trinajstić information content (AvgIpc) is 3.31. The molecule has 2 aromatic heterocycles. The lowest BCUT2D eigenvalue weighted by Crippen LogP contribution is -2.21. The second-order valence-corrected chi connectivity index (χ2v) is 9.43. The summed E-state index contributed by atoms with van der Waals surface area (Å²) < 4.78 is 23.2.